The van der Waals surface area contributed by atoms with Crippen LogP contribution in [0.15, 0.2) is 23.1 Å². The number of likely N-dealkylation sites (N-methyl/N-ethyl adjacent to an activating group) is 1. The molecule has 0 bridgehead atoms. The van der Waals surface area contributed by atoms with Crippen molar-refractivity contribution in [3.05, 3.63) is 23.8 Å². The van der Waals surface area contributed by atoms with E-state index in [-0.39, 0.29) is 35.6 Å². The van der Waals surface area contributed by atoms with Gasteiger partial charge in [-0.05, 0) is 38.0 Å². The second kappa shape index (κ2) is 9.60. The Hall–Kier alpha value is -2.08. The van der Waals surface area contributed by atoms with Crippen molar-refractivity contribution in [3.8, 4) is 17.6 Å². The lowest BCUT2D eigenvalue weighted by Crippen LogP contribution is -2.50. The Morgan fingerprint density at radius 2 is 2.10 bits per heavy atom. The maximum absolute atomic E-state index is 13.4. The second-order valence-electron chi connectivity index (χ2n) is 8.57. The Morgan fingerprint density at radius 1 is 1.39 bits per heavy atom. The molecule has 7 nitrogen and oxygen atoms in total. The van der Waals surface area contributed by atoms with Crippen LogP contribution in [0, 0.1) is 23.7 Å². The lowest BCUT2D eigenvalue weighted by atomic mass is 10.0. The monoisotopic (exact) mass is 448 g/mol. The Labute approximate surface area is 185 Å². The number of rotatable bonds is 5. The van der Waals surface area contributed by atoms with Crippen molar-refractivity contribution in [1.29, 1.82) is 0 Å². The standard InChI is InChI=1S/C23H32N2O5S/c1-5-23(27)24(4)14-21-16(2)13-25(17(3)15-26)31(28,29)22-11-10-19(12-20(22)30-21)9-8-18-6-7-18/h10-12,16-18,21,26H,5-7,13-15H2,1-4H3/t16-,17+,21+/m1/s1. The molecule has 170 valence electrons. The predicted octanol–water partition coefficient (Wildman–Crippen LogP) is 2.09. The molecule has 0 spiro atoms. The fraction of sp³-hybridized carbons (Fsp3) is 0.609. The molecule has 0 saturated heterocycles. The average Bonchev–Trinajstić information content (AvgIpc) is 3.57. The summed E-state index contributed by atoms with van der Waals surface area (Å²) in [4.78, 5) is 13.8. The van der Waals surface area contributed by atoms with Crippen LogP contribution in [0.4, 0.5) is 0 Å². The molecule has 1 aliphatic heterocycles. The van der Waals surface area contributed by atoms with Crippen LogP contribution in [-0.2, 0) is 14.8 Å². The summed E-state index contributed by atoms with van der Waals surface area (Å²) in [5, 5.41) is 9.70. The summed E-state index contributed by atoms with van der Waals surface area (Å²) in [6.45, 7) is 5.63. The highest BCUT2D eigenvalue weighted by molar-refractivity contribution is 7.89. The molecular formula is C23H32N2O5S. The first-order chi connectivity index (χ1) is 14.7. The van der Waals surface area contributed by atoms with Crippen molar-refractivity contribution >= 4 is 15.9 Å². The first-order valence-electron chi connectivity index (χ1n) is 10.9. The number of amides is 1. The molecule has 1 amide bonds. The number of aliphatic hydroxyl groups excluding tert-OH is 1. The maximum atomic E-state index is 13.4. The smallest absolute Gasteiger partial charge is 0.247 e. The van der Waals surface area contributed by atoms with Crippen molar-refractivity contribution in [1.82, 2.24) is 9.21 Å². The number of sulfonamides is 1. The Kier molecular flexibility index (Phi) is 7.30. The van der Waals surface area contributed by atoms with Gasteiger partial charge in [0.25, 0.3) is 0 Å². The van der Waals surface area contributed by atoms with Gasteiger partial charge < -0.3 is 14.7 Å². The van der Waals surface area contributed by atoms with Crippen LogP contribution >= 0.6 is 0 Å². The third-order valence-electron chi connectivity index (χ3n) is 5.85. The Balaban J connectivity index is 2.04. The number of benzene rings is 1. The van der Waals surface area contributed by atoms with Gasteiger partial charge in [0.05, 0.1) is 13.2 Å². The SMILES string of the molecule is CCC(=O)N(C)C[C@@H]1Oc2cc(C#CC3CC3)ccc2S(=O)(=O)N([C@@H](C)CO)C[C@H]1C. The molecule has 1 heterocycles. The van der Waals surface area contributed by atoms with E-state index in [0.29, 0.717) is 24.4 Å². The fourth-order valence-electron chi connectivity index (χ4n) is 3.58. The molecule has 1 aliphatic carbocycles. The van der Waals surface area contributed by atoms with Gasteiger partial charge >= 0.3 is 0 Å². The zero-order valence-electron chi connectivity index (χ0n) is 18.7. The van der Waals surface area contributed by atoms with Crippen LogP contribution < -0.4 is 4.74 Å². The molecule has 0 aromatic heterocycles. The quantitative estimate of drug-likeness (QED) is 0.697. The average molecular weight is 449 g/mol. The van der Waals surface area contributed by atoms with Crippen molar-refractivity contribution < 1.29 is 23.1 Å². The highest BCUT2D eigenvalue weighted by Gasteiger charge is 2.38. The largest absolute Gasteiger partial charge is 0.487 e. The topological polar surface area (TPSA) is 87.2 Å². The van der Waals surface area contributed by atoms with E-state index in [1.54, 1.807) is 37.9 Å². The normalized spacial score (nSPS) is 23.9. The van der Waals surface area contributed by atoms with E-state index in [4.69, 9.17) is 4.74 Å². The molecule has 8 heteroatoms. The number of hydrogen-bond donors (Lipinski definition) is 1. The maximum Gasteiger partial charge on any atom is 0.247 e. The van der Waals surface area contributed by atoms with E-state index in [1.165, 1.54) is 10.4 Å². The molecule has 1 fully saturated rings. The van der Waals surface area contributed by atoms with Crippen molar-refractivity contribution in [2.45, 2.75) is 57.1 Å². The van der Waals surface area contributed by atoms with Crippen LogP contribution in [0.3, 0.4) is 0 Å². The minimum absolute atomic E-state index is 0.00432. The summed E-state index contributed by atoms with van der Waals surface area (Å²) in [6.07, 6.45) is 2.19. The van der Waals surface area contributed by atoms with Gasteiger partial charge in [-0.25, -0.2) is 8.42 Å². The van der Waals surface area contributed by atoms with Crippen LogP contribution in [0.1, 0.15) is 45.6 Å². The van der Waals surface area contributed by atoms with Gasteiger partial charge in [0, 0.05) is 43.5 Å². The Bertz CT molecular complexity index is 977. The summed E-state index contributed by atoms with van der Waals surface area (Å²) in [6, 6.07) is 4.33. The summed E-state index contributed by atoms with van der Waals surface area (Å²) >= 11 is 0. The van der Waals surface area contributed by atoms with E-state index in [9.17, 15) is 18.3 Å². The molecule has 2 aliphatic rings. The van der Waals surface area contributed by atoms with E-state index in [0.717, 1.165) is 12.8 Å². The molecule has 0 unspecified atom stereocenters. The molecule has 1 saturated carbocycles. The highest BCUT2D eigenvalue weighted by atomic mass is 32.2. The molecule has 1 aromatic carbocycles. The van der Waals surface area contributed by atoms with Gasteiger partial charge in [0.1, 0.15) is 16.7 Å². The Morgan fingerprint density at radius 3 is 2.71 bits per heavy atom. The summed E-state index contributed by atoms with van der Waals surface area (Å²) in [5.41, 5.74) is 0.701. The number of carbonyl (C=O) groups is 1. The van der Waals surface area contributed by atoms with Crippen LogP contribution in [0.25, 0.3) is 0 Å². The number of aliphatic hydroxyl groups is 1. The number of nitrogens with zero attached hydrogens (tertiary/aromatic N) is 2. The van der Waals surface area contributed by atoms with Gasteiger partial charge in [0.15, 0.2) is 0 Å². The lowest BCUT2D eigenvalue weighted by molar-refractivity contribution is -0.131. The zero-order valence-corrected chi connectivity index (χ0v) is 19.5. The minimum Gasteiger partial charge on any atom is -0.487 e. The van der Waals surface area contributed by atoms with E-state index >= 15 is 0 Å². The third kappa shape index (κ3) is 5.40. The molecule has 31 heavy (non-hydrogen) atoms. The summed E-state index contributed by atoms with van der Waals surface area (Å²) in [7, 11) is -2.15. The third-order valence-corrected chi connectivity index (χ3v) is 7.87. The molecule has 3 rings (SSSR count). The van der Waals surface area contributed by atoms with Gasteiger partial charge in [-0.1, -0.05) is 25.7 Å². The summed E-state index contributed by atoms with van der Waals surface area (Å²) in [5.74, 6) is 6.76. The first-order valence-corrected chi connectivity index (χ1v) is 12.3. The molecule has 1 aromatic rings. The van der Waals surface area contributed by atoms with Gasteiger partial charge in [-0.3, -0.25) is 4.79 Å². The zero-order chi connectivity index (χ0) is 22.8. The van der Waals surface area contributed by atoms with Crippen molar-refractivity contribution in [2.24, 2.45) is 11.8 Å². The van der Waals surface area contributed by atoms with Gasteiger partial charge in [-0.15, -0.1) is 0 Å². The molecule has 3 atom stereocenters. The first kappa shape index (κ1) is 23.6. The summed E-state index contributed by atoms with van der Waals surface area (Å²) < 4.78 is 34.4. The molecule has 1 N–H and O–H groups in total. The number of fused-ring (bicyclic) bond motifs is 1. The fourth-order valence-corrected chi connectivity index (χ4v) is 5.40. The number of ether oxygens (including phenoxy) is 1. The van der Waals surface area contributed by atoms with E-state index in [1.807, 2.05) is 6.92 Å². The van der Waals surface area contributed by atoms with Crippen LogP contribution in [0.5, 0.6) is 5.75 Å². The minimum atomic E-state index is -3.88. The second-order valence-corrected chi connectivity index (χ2v) is 10.4. The van der Waals surface area contributed by atoms with Gasteiger partial charge in [0.2, 0.25) is 15.9 Å². The lowest BCUT2D eigenvalue weighted by Gasteiger charge is -2.37. The molecular weight excluding hydrogens is 416 g/mol. The van der Waals surface area contributed by atoms with Crippen molar-refractivity contribution in [3.63, 3.8) is 0 Å². The predicted molar refractivity (Wildman–Crippen MR) is 118 cm³/mol. The number of hydrogen-bond acceptors (Lipinski definition) is 5. The highest BCUT2D eigenvalue weighted by Crippen LogP contribution is 2.34. The van der Waals surface area contributed by atoms with Gasteiger partial charge in [-0.2, -0.15) is 4.31 Å². The van der Waals surface area contributed by atoms with Crippen molar-refractivity contribution in [2.75, 3.05) is 26.7 Å². The van der Waals surface area contributed by atoms with Crippen LogP contribution in [-0.4, -0.2) is 67.5 Å². The van der Waals surface area contributed by atoms with E-state index in [2.05, 4.69) is 11.8 Å². The molecule has 0 radical (unpaired) electrons. The van der Waals surface area contributed by atoms with E-state index < -0.39 is 22.2 Å². The number of carbonyl (C=O) groups excluding carboxylic acids is 1. The van der Waals surface area contributed by atoms with Crippen LogP contribution in [0.2, 0.25) is 0 Å².